The van der Waals surface area contributed by atoms with E-state index in [0.29, 0.717) is 0 Å². The molecule has 9 heteroatoms. The molecule has 158 valence electrons. The highest BCUT2D eigenvalue weighted by molar-refractivity contribution is 14.1. The molecular weight excluding hydrogens is 483 g/mol. The number of rotatable bonds is 4. The molecule has 0 saturated carbocycles. The van der Waals surface area contributed by atoms with E-state index in [0.717, 1.165) is 0 Å². The van der Waals surface area contributed by atoms with Gasteiger partial charge in [0, 0.05) is 6.07 Å². The predicted octanol–water partition coefficient (Wildman–Crippen LogP) is 4.98. The average molecular weight is 510 g/mol. The molecule has 0 amide bonds. The Kier molecular flexibility index (Phi) is 7.95. The van der Waals surface area contributed by atoms with E-state index in [1.807, 2.05) is 22.6 Å². The third-order valence-electron chi connectivity index (χ3n) is 2.98. The van der Waals surface area contributed by atoms with Crippen LogP contribution in [0.1, 0.15) is 60.1 Å². The van der Waals surface area contributed by atoms with Gasteiger partial charge < -0.3 is 28.8 Å². The van der Waals surface area contributed by atoms with E-state index in [1.54, 1.807) is 41.5 Å². The summed E-state index contributed by atoms with van der Waals surface area (Å²) in [5.41, 5.74) is -1.31. The van der Waals surface area contributed by atoms with Gasteiger partial charge in [-0.15, -0.1) is 0 Å². The monoisotopic (exact) mass is 510 g/mol. The standard InChI is InChI=1S/C19H27IO8/c1-10(21)13-11(24-8)9-12(25-16(22)27-18(2,3)4)14(20)15(13)26-17(23)28-19(5,6)7/h9-10,21H,1-8H3. The minimum atomic E-state index is -1.03. The van der Waals surface area contributed by atoms with Crippen molar-refractivity contribution < 1.29 is 38.4 Å². The van der Waals surface area contributed by atoms with Crippen LogP contribution in [-0.2, 0) is 9.47 Å². The van der Waals surface area contributed by atoms with E-state index in [9.17, 15) is 14.7 Å². The number of halogens is 1. The summed E-state index contributed by atoms with van der Waals surface area (Å²) in [6.07, 6.45) is -2.93. The van der Waals surface area contributed by atoms with Gasteiger partial charge in [-0.1, -0.05) is 0 Å². The molecule has 1 aromatic carbocycles. The first kappa shape index (κ1) is 24.3. The Morgan fingerprint density at radius 1 is 0.964 bits per heavy atom. The van der Waals surface area contributed by atoms with Crippen molar-refractivity contribution in [2.45, 2.75) is 65.8 Å². The Balaban J connectivity index is 3.37. The fraction of sp³-hybridized carbons (Fsp3) is 0.579. The minimum absolute atomic E-state index is 0.0252. The summed E-state index contributed by atoms with van der Waals surface area (Å²) < 4.78 is 26.5. The average Bonchev–Trinajstić information content (AvgIpc) is 2.46. The lowest BCUT2D eigenvalue weighted by atomic mass is 10.1. The van der Waals surface area contributed by atoms with Crippen LogP contribution in [0.25, 0.3) is 0 Å². The molecule has 0 spiro atoms. The molecule has 1 atom stereocenters. The van der Waals surface area contributed by atoms with E-state index >= 15 is 0 Å². The molecule has 8 nitrogen and oxygen atoms in total. The number of aliphatic hydroxyl groups is 1. The second-order valence-electron chi connectivity index (χ2n) is 7.94. The van der Waals surface area contributed by atoms with E-state index in [4.69, 9.17) is 23.7 Å². The van der Waals surface area contributed by atoms with Crippen molar-refractivity contribution in [2.75, 3.05) is 7.11 Å². The zero-order valence-corrected chi connectivity index (χ0v) is 19.5. The molecule has 0 heterocycles. The highest BCUT2D eigenvalue weighted by Crippen LogP contribution is 2.43. The van der Waals surface area contributed by atoms with Crippen LogP contribution in [0.2, 0.25) is 0 Å². The van der Waals surface area contributed by atoms with Crippen molar-refractivity contribution in [2.24, 2.45) is 0 Å². The van der Waals surface area contributed by atoms with Gasteiger partial charge in [0.1, 0.15) is 17.0 Å². The molecule has 0 aromatic heterocycles. The molecule has 0 aliphatic carbocycles. The molecule has 1 aromatic rings. The number of carbonyl (C=O) groups is 2. The maximum absolute atomic E-state index is 12.2. The Morgan fingerprint density at radius 3 is 1.82 bits per heavy atom. The van der Waals surface area contributed by atoms with Crippen molar-refractivity contribution in [3.8, 4) is 17.2 Å². The molecule has 1 rings (SSSR count). The number of ether oxygens (including phenoxy) is 5. The summed E-state index contributed by atoms with van der Waals surface area (Å²) in [4.78, 5) is 24.2. The number of hydrogen-bond acceptors (Lipinski definition) is 8. The van der Waals surface area contributed by atoms with Crippen LogP contribution >= 0.6 is 22.6 Å². The first-order chi connectivity index (χ1) is 12.6. The van der Waals surface area contributed by atoms with E-state index < -0.39 is 29.6 Å². The molecular formula is C19H27IO8. The summed E-state index contributed by atoms with van der Waals surface area (Å²) >= 11 is 1.84. The van der Waals surface area contributed by atoms with Crippen LogP contribution in [0, 0.1) is 3.57 Å². The van der Waals surface area contributed by atoms with Crippen molar-refractivity contribution in [3.05, 3.63) is 15.2 Å². The van der Waals surface area contributed by atoms with Gasteiger partial charge in [0.25, 0.3) is 0 Å². The Morgan fingerprint density at radius 2 is 1.43 bits per heavy atom. The molecule has 1 unspecified atom stereocenters. The molecule has 0 aliphatic rings. The van der Waals surface area contributed by atoms with Crippen molar-refractivity contribution >= 4 is 34.9 Å². The summed E-state index contributed by atoms with van der Waals surface area (Å²) in [6.45, 7) is 11.7. The van der Waals surface area contributed by atoms with Gasteiger partial charge in [-0.05, 0) is 71.1 Å². The number of methoxy groups -OCH3 is 1. The fourth-order valence-corrected chi connectivity index (χ4v) is 2.72. The maximum atomic E-state index is 12.2. The van der Waals surface area contributed by atoms with Crippen LogP contribution < -0.4 is 14.2 Å². The molecule has 1 N–H and O–H groups in total. The SMILES string of the molecule is COc1cc(OC(=O)OC(C)(C)C)c(I)c(OC(=O)OC(C)(C)C)c1C(C)O. The zero-order chi connectivity index (χ0) is 21.9. The summed E-state index contributed by atoms with van der Waals surface area (Å²) in [6, 6.07) is 1.41. The smallest absolute Gasteiger partial charge is 0.496 e. The van der Waals surface area contributed by atoms with Gasteiger partial charge in [0.15, 0.2) is 11.5 Å². The van der Waals surface area contributed by atoms with Crippen LogP contribution in [0.4, 0.5) is 9.59 Å². The minimum Gasteiger partial charge on any atom is -0.496 e. The number of aliphatic hydroxyl groups excluding tert-OH is 1. The van der Waals surface area contributed by atoms with Crippen LogP contribution in [-0.4, -0.2) is 35.7 Å². The maximum Gasteiger partial charge on any atom is 0.514 e. The lowest BCUT2D eigenvalue weighted by Gasteiger charge is -2.23. The van der Waals surface area contributed by atoms with E-state index in [1.165, 1.54) is 20.1 Å². The van der Waals surface area contributed by atoms with Crippen molar-refractivity contribution in [1.29, 1.82) is 0 Å². The molecule has 0 radical (unpaired) electrons. The molecule has 0 fully saturated rings. The summed E-state index contributed by atoms with van der Waals surface area (Å²) in [5, 5.41) is 10.2. The molecule has 0 bridgehead atoms. The van der Waals surface area contributed by atoms with Crippen LogP contribution in [0.15, 0.2) is 6.07 Å². The van der Waals surface area contributed by atoms with Gasteiger partial charge in [-0.3, -0.25) is 0 Å². The first-order valence-corrected chi connectivity index (χ1v) is 9.62. The predicted molar refractivity (Wildman–Crippen MR) is 110 cm³/mol. The second-order valence-corrected chi connectivity index (χ2v) is 9.02. The fourth-order valence-electron chi connectivity index (χ4n) is 2.06. The van der Waals surface area contributed by atoms with Gasteiger partial charge in [-0.2, -0.15) is 0 Å². The Labute approximate surface area is 178 Å². The molecule has 28 heavy (non-hydrogen) atoms. The molecule has 0 saturated heterocycles. The van der Waals surface area contributed by atoms with E-state index in [2.05, 4.69) is 0 Å². The van der Waals surface area contributed by atoms with Gasteiger partial charge in [0.05, 0.1) is 22.3 Å². The largest absolute Gasteiger partial charge is 0.514 e. The van der Waals surface area contributed by atoms with Gasteiger partial charge >= 0.3 is 12.3 Å². The normalized spacial score (nSPS) is 12.8. The Bertz CT molecular complexity index is 729. The van der Waals surface area contributed by atoms with E-state index in [-0.39, 0.29) is 26.4 Å². The van der Waals surface area contributed by atoms with Crippen molar-refractivity contribution in [1.82, 2.24) is 0 Å². The van der Waals surface area contributed by atoms with Gasteiger partial charge in [0.2, 0.25) is 0 Å². The molecule has 0 aliphatic heterocycles. The van der Waals surface area contributed by atoms with Gasteiger partial charge in [-0.25, -0.2) is 9.59 Å². The quantitative estimate of drug-likeness (QED) is 0.344. The third kappa shape index (κ3) is 7.34. The first-order valence-electron chi connectivity index (χ1n) is 8.54. The topological polar surface area (TPSA) is 101 Å². The highest BCUT2D eigenvalue weighted by atomic mass is 127. The Hall–Kier alpha value is -1.75. The summed E-state index contributed by atoms with van der Waals surface area (Å²) in [5.74, 6) is 0.199. The lowest BCUT2D eigenvalue weighted by Crippen LogP contribution is -2.27. The van der Waals surface area contributed by atoms with Crippen LogP contribution in [0.5, 0.6) is 17.2 Å². The number of hydrogen-bond donors (Lipinski definition) is 1. The second kappa shape index (κ2) is 9.17. The summed E-state index contributed by atoms with van der Waals surface area (Å²) in [7, 11) is 1.38. The number of carbonyl (C=O) groups excluding carboxylic acids is 2. The highest BCUT2D eigenvalue weighted by Gasteiger charge is 2.29. The number of benzene rings is 1. The van der Waals surface area contributed by atoms with Crippen LogP contribution in [0.3, 0.4) is 0 Å². The third-order valence-corrected chi connectivity index (χ3v) is 4.00. The lowest BCUT2D eigenvalue weighted by molar-refractivity contribution is 0.0195. The van der Waals surface area contributed by atoms with Crippen molar-refractivity contribution in [3.63, 3.8) is 0 Å². The zero-order valence-electron chi connectivity index (χ0n) is 17.3.